The van der Waals surface area contributed by atoms with Crippen LogP contribution in [0, 0.1) is 11.7 Å². The highest BCUT2D eigenvalue weighted by Crippen LogP contribution is 2.31. The van der Waals surface area contributed by atoms with Crippen LogP contribution in [0.5, 0.6) is 0 Å². The summed E-state index contributed by atoms with van der Waals surface area (Å²) in [4.78, 5) is 29.3. The SMILES string of the molecule is CS(=O)(=O)NCc1nc(NC(=O)Nc2ccc(F)cc2C(=O)C2CCCC2)sc1S(C)(=O)=O. The van der Waals surface area contributed by atoms with Crippen molar-refractivity contribution in [3.8, 4) is 0 Å². The number of ketones is 1. The van der Waals surface area contributed by atoms with Crippen molar-refractivity contribution in [2.75, 3.05) is 23.1 Å². The molecule has 1 saturated carbocycles. The topological polar surface area (TPSA) is 151 Å². The van der Waals surface area contributed by atoms with Gasteiger partial charge in [0.15, 0.2) is 20.8 Å². The Morgan fingerprint density at radius 3 is 2.39 bits per heavy atom. The van der Waals surface area contributed by atoms with Gasteiger partial charge in [-0.05, 0) is 31.0 Å². The molecule has 3 N–H and O–H groups in total. The van der Waals surface area contributed by atoms with Crippen LogP contribution in [0.25, 0.3) is 0 Å². The summed E-state index contributed by atoms with van der Waals surface area (Å²) in [6.45, 7) is -0.376. The number of carbonyl (C=O) groups excluding carboxylic acids is 2. The van der Waals surface area contributed by atoms with Crippen molar-refractivity contribution < 1.29 is 30.8 Å². The quantitative estimate of drug-likeness (QED) is 0.455. The monoisotopic (exact) mass is 518 g/mol. The van der Waals surface area contributed by atoms with Gasteiger partial charge >= 0.3 is 6.03 Å². The summed E-state index contributed by atoms with van der Waals surface area (Å²) in [5, 5.41) is 4.77. The maximum Gasteiger partial charge on any atom is 0.325 e. The average molecular weight is 519 g/mol. The second-order valence-corrected chi connectivity index (χ2v) is 12.8. The molecule has 2 aromatic rings. The Kier molecular flexibility index (Phi) is 7.51. The minimum absolute atomic E-state index is 0.0612. The molecule has 1 aromatic heterocycles. The van der Waals surface area contributed by atoms with E-state index in [1.165, 1.54) is 6.07 Å². The van der Waals surface area contributed by atoms with Gasteiger partial charge in [0, 0.05) is 17.7 Å². The van der Waals surface area contributed by atoms with Crippen LogP contribution in [0.1, 0.15) is 41.7 Å². The number of amides is 2. The second-order valence-electron chi connectivity index (χ2n) is 7.73. The third-order valence-corrected chi connectivity index (χ3v) is 8.49. The highest BCUT2D eigenvalue weighted by atomic mass is 32.2. The van der Waals surface area contributed by atoms with Gasteiger partial charge in [-0.15, -0.1) is 0 Å². The van der Waals surface area contributed by atoms with Crippen molar-refractivity contribution in [1.29, 1.82) is 0 Å². The molecule has 0 saturated heterocycles. The number of aromatic nitrogens is 1. The fourth-order valence-corrected chi connectivity index (χ4v) is 5.98. The van der Waals surface area contributed by atoms with E-state index in [0.717, 1.165) is 37.5 Å². The molecule has 0 aliphatic heterocycles. The first-order valence-corrected chi connectivity index (χ1v) is 14.5. The van der Waals surface area contributed by atoms with Crippen LogP contribution in [-0.4, -0.2) is 46.1 Å². The number of urea groups is 1. The zero-order valence-corrected chi connectivity index (χ0v) is 20.3. The van der Waals surface area contributed by atoms with E-state index in [0.29, 0.717) is 24.2 Å². The van der Waals surface area contributed by atoms with Gasteiger partial charge in [0.05, 0.1) is 24.2 Å². The molecule has 0 radical (unpaired) electrons. The number of halogens is 1. The summed E-state index contributed by atoms with van der Waals surface area (Å²) in [6, 6.07) is 2.65. The molecule has 1 aromatic carbocycles. The second kappa shape index (κ2) is 9.83. The maximum absolute atomic E-state index is 13.8. The number of nitrogens with one attached hydrogen (secondary N) is 3. The number of thiazole rings is 1. The van der Waals surface area contributed by atoms with Crippen molar-refractivity contribution in [1.82, 2.24) is 9.71 Å². The normalized spacial score (nSPS) is 14.9. The van der Waals surface area contributed by atoms with Crippen molar-refractivity contribution >= 4 is 53.8 Å². The number of benzene rings is 1. The number of Topliss-reactive ketones (excluding diaryl/α,β-unsaturated/α-hetero) is 1. The summed E-state index contributed by atoms with van der Waals surface area (Å²) in [5.74, 6) is -1.08. The Morgan fingerprint density at radius 1 is 1.12 bits per heavy atom. The lowest BCUT2D eigenvalue weighted by Crippen LogP contribution is -2.23. The van der Waals surface area contributed by atoms with Crippen LogP contribution >= 0.6 is 11.3 Å². The molecule has 0 atom stereocenters. The first-order valence-electron chi connectivity index (χ1n) is 9.89. The molecule has 180 valence electrons. The van der Waals surface area contributed by atoms with E-state index in [-0.39, 0.29) is 44.5 Å². The summed E-state index contributed by atoms with van der Waals surface area (Å²) in [7, 11) is -7.35. The van der Waals surface area contributed by atoms with Crippen molar-refractivity contribution in [2.45, 2.75) is 36.4 Å². The Hall–Kier alpha value is -2.42. The van der Waals surface area contributed by atoms with Crippen molar-refractivity contribution in [3.63, 3.8) is 0 Å². The van der Waals surface area contributed by atoms with E-state index in [9.17, 15) is 30.8 Å². The molecule has 1 heterocycles. The molecule has 3 rings (SSSR count). The van der Waals surface area contributed by atoms with Gasteiger partial charge in [-0.3, -0.25) is 10.1 Å². The lowest BCUT2D eigenvalue weighted by atomic mass is 9.95. The lowest BCUT2D eigenvalue weighted by Gasteiger charge is -2.14. The third kappa shape index (κ3) is 6.79. The largest absolute Gasteiger partial charge is 0.325 e. The Labute approximate surface area is 195 Å². The fraction of sp³-hybridized carbons (Fsp3) is 0.421. The highest BCUT2D eigenvalue weighted by Gasteiger charge is 2.27. The van der Waals surface area contributed by atoms with Crippen LogP contribution < -0.4 is 15.4 Å². The molecule has 10 nitrogen and oxygen atoms in total. The average Bonchev–Trinajstić information content (AvgIpc) is 3.36. The highest BCUT2D eigenvalue weighted by molar-refractivity contribution is 7.93. The van der Waals surface area contributed by atoms with E-state index in [1.54, 1.807) is 0 Å². The molecule has 1 fully saturated rings. The Balaban J connectivity index is 1.80. The van der Waals surface area contributed by atoms with Gasteiger partial charge in [-0.25, -0.2) is 35.7 Å². The minimum Gasteiger partial charge on any atom is -0.307 e. The van der Waals surface area contributed by atoms with Gasteiger partial charge in [-0.1, -0.05) is 24.2 Å². The fourth-order valence-electron chi connectivity index (χ4n) is 3.48. The van der Waals surface area contributed by atoms with Crippen molar-refractivity contribution in [3.05, 3.63) is 35.3 Å². The van der Waals surface area contributed by atoms with E-state index in [4.69, 9.17) is 0 Å². The maximum atomic E-state index is 13.8. The zero-order chi connectivity index (χ0) is 24.4. The summed E-state index contributed by atoms with van der Waals surface area (Å²) in [6.07, 6.45) is 5.10. The lowest BCUT2D eigenvalue weighted by molar-refractivity contribution is 0.0923. The molecular weight excluding hydrogens is 495 g/mol. The summed E-state index contributed by atoms with van der Waals surface area (Å²) >= 11 is 0.656. The smallest absolute Gasteiger partial charge is 0.307 e. The van der Waals surface area contributed by atoms with Crippen LogP contribution in [-0.2, 0) is 26.4 Å². The number of nitrogens with zero attached hydrogens (tertiary/aromatic N) is 1. The third-order valence-electron chi connectivity index (χ3n) is 4.94. The molecule has 33 heavy (non-hydrogen) atoms. The minimum atomic E-state index is -3.74. The van der Waals surface area contributed by atoms with Gasteiger partial charge < -0.3 is 5.32 Å². The van der Waals surface area contributed by atoms with Gasteiger partial charge in [0.2, 0.25) is 10.0 Å². The number of carbonyl (C=O) groups is 2. The predicted molar refractivity (Wildman–Crippen MR) is 122 cm³/mol. The first-order chi connectivity index (χ1) is 15.3. The van der Waals surface area contributed by atoms with Gasteiger partial charge in [0.25, 0.3) is 0 Å². The zero-order valence-electron chi connectivity index (χ0n) is 17.8. The van der Waals surface area contributed by atoms with E-state index >= 15 is 0 Å². The van der Waals surface area contributed by atoms with Gasteiger partial charge in [0.1, 0.15) is 10.0 Å². The van der Waals surface area contributed by atoms with Gasteiger partial charge in [-0.2, -0.15) is 0 Å². The van der Waals surface area contributed by atoms with Crippen LogP contribution in [0.3, 0.4) is 0 Å². The molecular formula is C19H23FN4O6S3. The molecule has 14 heteroatoms. The van der Waals surface area contributed by atoms with E-state index in [1.807, 2.05) is 0 Å². The molecule has 1 aliphatic rings. The Bertz CT molecular complexity index is 1280. The number of rotatable bonds is 8. The van der Waals surface area contributed by atoms with E-state index < -0.39 is 31.7 Å². The molecule has 0 spiro atoms. The molecule has 0 bridgehead atoms. The summed E-state index contributed by atoms with van der Waals surface area (Å²) in [5.41, 5.74) is 0.109. The first kappa shape index (κ1) is 25.2. The van der Waals surface area contributed by atoms with Crippen LogP contribution in [0.4, 0.5) is 20.0 Å². The number of sulfonamides is 1. The standard InChI is InChI=1S/C19H23FN4O6S3/c1-32(27,28)17-15(10-21-33(2,29)30)23-19(31-17)24-18(26)22-14-8-7-12(20)9-13(14)16(25)11-5-3-4-6-11/h7-9,11,21H,3-6,10H2,1-2H3,(H2,22,23,24,26). The molecule has 1 aliphatic carbocycles. The van der Waals surface area contributed by atoms with E-state index in [2.05, 4.69) is 20.3 Å². The number of anilines is 2. The van der Waals surface area contributed by atoms with Crippen LogP contribution in [0.15, 0.2) is 22.4 Å². The predicted octanol–water partition coefficient (Wildman–Crippen LogP) is 2.75. The number of hydrogen-bond acceptors (Lipinski definition) is 8. The summed E-state index contributed by atoms with van der Waals surface area (Å²) < 4.78 is 62.5. The molecule has 0 unspecified atom stereocenters. The Morgan fingerprint density at radius 2 is 1.79 bits per heavy atom. The molecule has 2 amide bonds. The van der Waals surface area contributed by atoms with Crippen LogP contribution in [0.2, 0.25) is 0 Å². The number of sulfone groups is 1. The number of hydrogen-bond donors (Lipinski definition) is 3. The van der Waals surface area contributed by atoms with Crippen molar-refractivity contribution in [2.24, 2.45) is 5.92 Å².